The van der Waals surface area contributed by atoms with E-state index in [4.69, 9.17) is 5.73 Å². The second kappa shape index (κ2) is 5.54. The number of carbonyl (C=O) groups excluding carboxylic acids is 1. The fourth-order valence-electron chi connectivity index (χ4n) is 2.80. The zero-order chi connectivity index (χ0) is 16.6. The quantitative estimate of drug-likeness (QED) is 0.832. The van der Waals surface area contributed by atoms with Crippen LogP contribution in [0.1, 0.15) is 29.7 Å². The molecule has 1 amide bonds. The Morgan fingerprint density at radius 3 is 2.87 bits per heavy atom. The lowest BCUT2D eigenvalue weighted by atomic mass is 9.87. The van der Waals surface area contributed by atoms with Crippen LogP contribution >= 0.6 is 0 Å². The Bertz CT molecular complexity index is 883. The molecular weight excluding hydrogens is 295 g/mol. The van der Waals surface area contributed by atoms with E-state index in [0.29, 0.717) is 11.1 Å². The number of carbonyl (C=O) groups is 1. The Morgan fingerprint density at radius 2 is 2.22 bits per heavy atom. The second-order valence-electron chi connectivity index (χ2n) is 5.29. The first-order valence-electron chi connectivity index (χ1n) is 6.97. The molecule has 1 aliphatic rings. The first-order chi connectivity index (χ1) is 11.0. The maximum Gasteiger partial charge on any atom is 0.264 e. The third kappa shape index (κ3) is 2.64. The number of primary amides is 1. The first kappa shape index (κ1) is 14.7. The average molecular weight is 308 g/mol. The number of nitrogens with two attached hydrogens (primary N) is 1. The van der Waals surface area contributed by atoms with E-state index in [9.17, 15) is 14.4 Å². The van der Waals surface area contributed by atoms with Crippen molar-refractivity contribution in [2.45, 2.75) is 13.0 Å². The van der Waals surface area contributed by atoms with E-state index in [1.165, 1.54) is 12.3 Å². The molecule has 6 heteroatoms. The first-order valence-corrected chi connectivity index (χ1v) is 6.97. The number of hydrogen-bond acceptors (Lipinski definition) is 4. The summed E-state index contributed by atoms with van der Waals surface area (Å²) >= 11 is 0. The van der Waals surface area contributed by atoms with Gasteiger partial charge in [-0.25, -0.2) is 4.98 Å². The van der Waals surface area contributed by atoms with Crippen molar-refractivity contribution in [2.75, 3.05) is 0 Å². The third-order valence-electron chi connectivity index (χ3n) is 3.75. The molecule has 0 fully saturated rings. The molecule has 0 aliphatic carbocycles. The van der Waals surface area contributed by atoms with Crippen LogP contribution in [0.5, 0.6) is 0 Å². The summed E-state index contributed by atoms with van der Waals surface area (Å²) in [7, 11) is 0. The van der Waals surface area contributed by atoms with Crippen molar-refractivity contribution in [3.05, 3.63) is 58.8 Å². The molecule has 1 aromatic heterocycles. The minimum absolute atomic E-state index is 0.212. The Hall–Kier alpha value is -3.20. The van der Waals surface area contributed by atoms with Crippen molar-refractivity contribution in [1.29, 1.82) is 5.26 Å². The maximum atomic E-state index is 13.5. The molecule has 0 bridgehead atoms. The SMILES string of the molecule is CC1NC(C(N)=O)=Cc2cc(C#N)cc(-c3ccnc(F)c3)c21. The average Bonchev–Trinajstić information content (AvgIpc) is 2.53. The highest BCUT2D eigenvalue weighted by molar-refractivity contribution is 5.97. The predicted octanol–water partition coefficient (Wildman–Crippen LogP) is 2.25. The molecule has 1 aromatic carbocycles. The van der Waals surface area contributed by atoms with Gasteiger partial charge in [0, 0.05) is 18.3 Å². The summed E-state index contributed by atoms with van der Waals surface area (Å²) in [5.74, 6) is -1.16. The lowest BCUT2D eigenvalue weighted by Crippen LogP contribution is -2.31. The fourth-order valence-corrected chi connectivity index (χ4v) is 2.80. The van der Waals surface area contributed by atoms with Crippen molar-refractivity contribution in [3.8, 4) is 17.2 Å². The maximum absolute atomic E-state index is 13.5. The molecule has 114 valence electrons. The number of rotatable bonds is 2. The minimum Gasteiger partial charge on any atom is -0.374 e. The number of nitrogens with one attached hydrogen (secondary N) is 1. The summed E-state index contributed by atoms with van der Waals surface area (Å²) in [6.45, 7) is 1.88. The standard InChI is InChI=1S/C17H13FN4O/c1-9-16-12(6-14(22-9)17(20)23)4-10(8-19)5-13(16)11-2-3-21-15(18)7-11/h2-7,9,22H,1H3,(H2,20,23). The summed E-state index contributed by atoms with van der Waals surface area (Å²) < 4.78 is 13.5. The molecule has 1 atom stereocenters. The molecular formula is C17H13FN4O. The van der Waals surface area contributed by atoms with E-state index < -0.39 is 11.9 Å². The molecule has 2 aromatic rings. The van der Waals surface area contributed by atoms with Gasteiger partial charge < -0.3 is 11.1 Å². The van der Waals surface area contributed by atoms with Gasteiger partial charge in [0.15, 0.2) is 0 Å². The van der Waals surface area contributed by atoms with E-state index in [1.54, 1.807) is 24.3 Å². The van der Waals surface area contributed by atoms with Gasteiger partial charge in [-0.3, -0.25) is 4.79 Å². The molecule has 1 unspecified atom stereocenters. The Morgan fingerprint density at radius 1 is 1.43 bits per heavy atom. The summed E-state index contributed by atoms with van der Waals surface area (Å²) in [5, 5.41) is 12.3. The summed E-state index contributed by atoms with van der Waals surface area (Å²) in [5.41, 5.74) is 8.98. The van der Waals surface area contributed by atoms with Gasteiger partial charge in [-0.2, -0.15) is 9.65 Å². The zero-order valence-electron chi connectivity index (χ0n) is 12.3. The molecule has 2 heterocycles. The fraction of sp³-hybridized carbons (Fsp3) is 0.118. The molecule has 0 radical (unpaired) electrons. The predicted molar refractivity (Wildman–Crippen MR) is 83.1 cm³/mol. The number of nitrogens with zero attached hydrogens (tertiary/aromatic N) is 2. The van der Waals surface area contributed by atoms with Crippen LogP contribution in [-0.4, -0.2) is 10.9 Å². The lowest BCUT2D eigenvalue weighted by molar-refractivity contribution is -0.114. The molecule has 5 nitrogen and oxygen atoms in total. The van der Waals surface area contributed by atoms with Crippen LogP contribution in [0.15, 0.2) is 36.2 Å². The number of aromatic nitrogens is 1. The Kier molecular flexibility index (Phi) is 3.54. The highest BCUT2D eigenvalue weighted by Gasteiger charge is 2.24. The minimum atomic E-state index is -0.594. The number of benzene rings is 1. The van der Waals surface area contributed by atoms with Gasteiger partial charge in [0.05, 0.1) is 11.6 Å². The number of nitriles is 1. The highest BCUT2D eigenvalue weighted by atomic mass is 19.1. The topological polar surface area (TPSA) is 91.8 Å². The van der Waals surface area contributed by atoms with E-state index in [0.717, 1.165) is 16.7 Å². The van der Waals surface area contributed by atoms with E-state index in [2.05, 4.69) is 16.4 Å². The van der Waals surface area contributed by atoms with E-state index in [1.807, 2.05) is 6.92 Å². The number of halogens is 1. The number of amides is 1. The monoisotopic (exact) mass is 308 g/mol. The molecule has 0 saturated heterocycles. The smallest absolute Gasteiger partial charge is 0.264 e. The van der Waals surface area contributed by atoms with Crippen LogP contribution in [0.3, 0.4) is 0 Å². The molecule has 23 heavy (non-hydrogen) atoms. The van der Waals surface area contributed by atoms with Crippen LogP contribution in [0.4, 0.5) is 4.39 Å². The molecule has 0 spiro atoms. The van der Waals surface area contributed by atoms with Gasteiger partial charge in [0.1, 0.15) is 5.70 Å². The van der Waals surface area contributed by atoms with Crippen molar-refractivity contribution in [3.63, 3.8) is 0 Å². The second-order valence-corrected chi connectivity index (χ2v) is 5.29. The van der Waals surface area contributed by atoms with Crippen molar-refractivity contribution in [2.24, 2.45) is 5.73 Å². The normalized spacial score (nSPS) is 15.9. The van der Waals surface area contributed by atoms with E-state index in [-0.39, 0.29) is 11.7 Å². The van der Waals surface area contributed by atoms with Crippen LogP contribution in [0.25, 0.3) is 17.2 Å². The highest BCUT2D eigenvalue weighted by Crippen LogP contribution is 2.36. The lowest BCUT2D eigenvalue weighted by Gasteiger charge is -2.27. The Labute approximate surface area is 132 Å². The number of fused-ring (bicyclic) bond motifs is 1. The van der Waals surface area contributed by atoms with Crippen LogP contribution in [0.2, 0.25) is 0 Å². The number of pyridine rings is 1. The van der Waals surface area contributed by atoms with Gasteiger partial charge in [-0.15, -0.1) is 0 Å². The van der Waals surface area contributed by atoms with Crippen LogP contribution in [0, 0.1) is 17.3 Å². The summed E-state index contributed by atoms with van der Waals surface area (Å²) in [6.07, 6.45) is 2.99. The van der Waals surface area contributed by atoms with Crippen molar-refractivity contribution >= 4 is 12.0 Å². The zero-order valence-corrected chi connectivity index (χ0v) is 12.3. The van der Waals surface area contributed by atoms with Crippen molar-refractivity contribution < 1.29 is 9.18 Å². The van der Waals surface area contributed by atoms with Gasteiger partial charge in [-0.1, -0.05) is 0 Å². The van der Waals surface area contributed by atoms with Crippen molar-refractivity contribution in [1.82, 2.24) is 10.3 Å². The van der Waals surface area contributed by atoms with Gasteiger partial charge >= 0.3 is 0 Å². The summed E-state index contributed by atoms with van der Waals surface area (Å²) in [4.78, 5) is 15.0. The molecule has 0 saturated carbocycles. The van der Waals surface area contributed by atoms with Gasteiger partial charge in [0.2, 0.25) is 5.95 Å². The third-order valence-corrected chi connectivity index (χ3v) is 3.75. The van der Waals surface area contributed by atoms with Crippen LogP contribution < -0.4 is 11.1 Å². The molecule has 3 rings (SSSR count). The van der Waals surface area contributed by atoms with E-state index >= 15 is 0 Å². The van der Waals surface area contributed by atoms with Gasteiger partial charge in [0.25, 0.3) is 5.91 Å². The van der Waals surface area contributed by atoms with Crippen LogP contribution in [-0.2, 0) is 4.79 Å². The largest absolute Gasteiger partial charge is 0.374 e. The number of hydrogen-bond donors (Lipinski definition) is 2. The summed E-state index contributed by atoms with van der Waals surface area (Å²) in [6, 6.07) is 8.27. The Balaban J connectivity index is 2.29. The molecule has 1 aliphatic heterocycles. The van der Waals surface area contributed by atoms with Gasteiger partial charge in [-0.05, 0) is 53.5 Å². The molecule has 3 N–H and O–H groups in total.